The zero-order valence-corrected chi connectivity index (χ0v) is 15.9. The third kappa shape index (κ3) is 3.25. The van der Waals surface area contributed by atoms with Crippen LogP contribution in [0, 0.1) is 11.8 Å². The van der Waals surface area contributed by atoms with Crippen LogP contribution in [-0.2, 0) is 0 Å². The van der Waals surface area contributed by atoms with Crippen LogP contribution in [0.1, 0.15) is 49.4 Å². The van der Waals surface area contributed by atoms with Gasteiger partial charge in [0.1, 0.15) is 5.75 Å². The molecule has 3 nitrogen and oxygen atoms in total. The molecule has 2 aliphatic rings. The maximum absolute atomic E-state index is 13.4. The quantitative estimate of drug-likeness (QED) is 0.715. The summed E-state index contributed by atoms with van der Waals surface area (Å²) in [7, 11) is 1.68. The second-order valence-corrected chi connectivity index (χ2v) is 7.94. The molecule has 1 aliphatic heterocycles. The van der Waals surface area contributed by atoms with E-state index in [0.29, 0.717) is 11.7 Å². The topological polar surface area (TPSA) is 29.5 Å². The molecule has 0 amide bonds. The Labute approximate surface area is 156 Å². The van der Waals surface area contributed by atoms with Gasteiger partial charge in [0.25, 0.3) is 0 Å². The molecule has 1 saturated heterocycles. The van der Waals surface area contributed by atoms with Crippen LogP contribution in [0.3, 0.4) is 0 Å². The van der Waals surface area contributed by atoms with Crippen molar-refractivity contribution in [1.82, 2.24) is 4.90 Å². The molecule has 0 radical (unpaired) electrons. The summed E-state index contributed by atoms with van der Waals surface area (Å²) in [6.07, 6.45) is 6.24. The van der Waals surface area contributed by atoms with Crippen LogP contribution in [0.25, 0.3) is 10.8 Å². The van der Waals surface area contributed by atoms with Crippen molar-refractivity contribution < 1.29 is 9.53 Å². The monoisotopic (exact) mass is 351 g/mol. The highest BCUT2D eigenvalue weighted by molar-refractivity contribution is 6.01. The van der Waals surface area contributed by atoms with Gasteiger partial charge in [-0.3, -0.25) is 9.69 Å². The van der Waals surface area contributed by atoms with Gasteiger partial charge in [-0.2, -0.15) is 0 Å². The Bertz CT molecular complexity index is 796. The van der Waals surface area contributed by atoms with Crippen molar-refractivity contribution >= 4 is 16.6 Å². The summed E-state index contributed by atoms with van der Waals surface area (Å²) in [6, 6.07) is 12.9. The Hall–Kier alpha value is -1.87. The summed E-state index contributed by atoms with van der Waals surface area (Å²) < 4.78 is 5.30. The number of benzene rings is 2. The fourth-order valence-corrected chi connectivity index (χ4v) is 4.61. The first-order valence-corrected chi connectivity index (χ1v) is 10.1. The standard InChI is InChI=1S/C23H29NO2/c1-3-16-11-12-24(20-5-4-6-20)15-22(16)23(25)19-8-7-18-14-21(26-2)10-9-17(18)13-19/h7-10,13-14,16,20,22H,3-6,11-12,15H2,1-2H3/t16-,22+/m0/s1. The first kappa shape index (κ1) is 17.5. The molecule has 1 saturated carbocycles. The molecule has 0 bridgehead atoms. The number of hydrogen-bond acceptors (Lipinski definition) is 3. The number of carbonyl (C=O) groups is 1. The lowest BCUT2D eigenvalue weighted by atomic mass is 9.77. The molecule has 1 heterocycles. The Kier molecular flexibility index (Phi) is 4.99. The van der Waals surface area contributed by atoms with Crippen molar-refractivity contribution in [3.05, 3.63) is 42.0 Å². The lowest BCUT2D eigenvalue weighted by Crippen LogP contribution is -2.50. The molecular formula is C23H29NO2. The fraction of sp³-hybridized carbons (Fsp3) is 0.522. The molecule has 26 heavy (non-hydrogen) atoms. The van der Waals surface area contributed by atoms with E-state index >= 15 is 0 Å². The van der Waals surface area contributed by atoms with Gasteiger partial charge in [-0.15, -0.1) is 0 Å². The van der Waals surface area contributed by atoms with Crippen molar-refractivity contribution in [1.29, 1.82) is 0 Å². The molecule has 2 aromatic rings. The van der Waals surface area contributed by atoms with Gasteiger partial charge in [0.15, 0.2) is 5.78 Å². The van der Waals surface area contributed by atoms with E-state index in [1.807, 2.05) is 24.3 Å². The van der Waals surface area contributed by atoms with Gasteiger partial charge in [0.05, 0.1) is 7.11 Å². The molecule has 0 aromatic heterocycles. The average molecular weight is 351 g/mol. The number of nitrogens with zero attached hydrogens (tertiary/aromatic N) is 1. The first-order chi connectivity index (χ1) is 12.7. The molecule has 2 atom stereocenters. The summed E-state index contributed by atoms with van der Waals surface area (Å²) in [6.45, 7) is 4.35. The van der Waals surface area contributed by atoms with Gasteiger partial charge in [-0.1, -0.05) is 38.0 Å². The Morgan fingerprint density at radius 1 is 1.12 bits per heavy atom. The number of hydrogen-bond donors (Lipinski definition) is 0. The van der Waals surface area contributed by atoms with Gasteiger partial charge in [0, 0.05) is 24.1 Å². The largest absolute Gasteiger partial charge is 0.497 e. The number of fused-ring (bicyclic) bond motifs is 1. The smallest absolute Gasteiger partial charge is 0.167 e. The van der Waals surface area contributed by atoms with Crippen LogP contribution in [-0.4, -0.2) is 36.9 Å². The van der Waals surface area contributed by atoms with E-state index in [0.717, 1.165) is 47.5 Å². The number of methoxy groups -OCH3 is 1. The van der Waals surface area contributed by atoms with E-state index in [9.17, 15) is 4.79 Å². The highest BCUT2D eigenvalue weighted by atomic mass is 16.5. The minimum atomic E-state index is 0.144. The molecule has 2 aromatic carbocycles. The number of carbonyl (C=O) groups excluding carboxylic acids is 1. The normalized spacial score (nSPS) is 24.4. The van der Waals surface area contributed by atoms with Crippen LogP contribution in [0.15, 0.2) is 36.4 Å². The number of Topliss-reactive ketones (excluding diaryl/α,β-unsaturated/α-hetero) is 1. The summed E-state index contributed by atoms with van der Waals surface area (Å²) in [5.41, 5.74) is 0.863. The Balaban J connectivity index is 1.58. The second kappa shape index (κ2) is 7.40. The van der Waals surface area contributed by atoms with Crippen molar-refractivity contribution in [3.63, 3.8) is 0 Å². The second-order valence-electron chi connectivity index (χ2n) is 7.94. The van der Waals surface area contributed by atoms with E-state index in [1.165, 1.54) is 25.8 Å². The van der Waals surface area contributed by atoms with Gasteiger partial charge in [-0.25, -0.2) is 0 Å². The summed E-state index contributed by atoms with van der Waals surface area (Å²) in [5.74, 6) is 1.85. The van der Waals surface area contributed by atoms with Gasteiger partial charge in [-0.05, 0) is 60.7 Å². The summed E-state index contributed by atoms with van der Waals surface area (Å²) in [5, 5.41) is 2.23. The minimum absolute atomic E-state index is 0.144. The van der Waals surface area contributed by atoms with E-state index < -0.39 is 0 Å². The molecule has 0 unspecified atom stereocenters. The number of ether oxygens (including phenoxy) is 1. The molecule has 0 spiro atoms. The van der Waals surface area contributed by atoms with E-state index in [4.69, 9.17) is 4.74 Å². The highest BCUT2D eigenvalue weighted by Gasteiger charge is 2.37. The third-order valence-corrected chi connectivity index (χ3v) is 6.57. The van der Waals surface area contributed by atoms with Crippen LogP contribution < -0.4 is 4.74 Å². The zero-order valence-electron chi connectivity index (χ0n) is 15.9. The maximum Gasteiger partial charge on any atom is 0.167 e. The molecule has 3 heteroatoms. The maximum atomic E-state index is 13.4. The third-order valence-electron chi connectivity index (χ3n) is 6.57. The van der Waals surface area contributed by atoms with Crippen molar-refractivity contribution in [2.24, 2.45) is 11.8 Å². The van der Waals surface area contributed by atoms with Gasteiger partial charge in [0.2, 0.25) is 0 Å². The van der Waals surface area contributed by atoms with E-state index in [2.05, 4.69) is 24.0 Å². The van der Waals surface area contributed by atoms with Gasteiger partial charge < -0.3 is 4.74 Å². The zero-order chi connectivity index (χ0) is 18.1. The Morgan fingerprint density at radius 2 is 1.88 bits per heavy atom. The fourth-order valence-electron chi connectivity index (χ4n) is 4.61. The van der Waals surface area contributed by atoms with Crippen LogP contribution in [0.2, 0.25) is 0 Å². The molecule has 4 rings (SSSR count). The highest BCUT2D eigenvalue weighted by Crippen LogP contribution is 2.35. The average Bonchev–Trinajstić information content (AvgIpc) is 2.65. The number of piperidine rings is 1. The molecule has 1 aliphatic carbocycles. The van der Waals surface area contributed by atoms with Crippen molar-refractivity contribution in [2.45, 2.75) is 45.1 Å². The molecule has 0 N–H and O–H groups in total. The van der Waals surface area contributed by atoms with Gasteiger partial charge >= 0.3 is 0 Å². The van der Waals surface area contributed by atoms with E-state index in [-0.39, 0.29) is 5.92 Å². The Morgan fingerprint density at radius 3 is 2.58 bits per heavy atom. The summed E-state index contributed by atoms with van der Waals surface area (Å²) in [4.78, 5) is 15.9. The lowest BCUT2D eigenvalue weighted by Gasteiger charge is -2.44. The van der Waals surface area contributed by atoms with Crippen molar-refractivity contribution in [3.8, 4) is 5.75 Å². The van der Waals surface area contributed by atoms with Crippen LogP contribution in [0.4, 0.5) is 0 Å². The molecule has 2 fully saturated rings. The number of rotatable bonds is 5. The first-order valence-electron chi connectivity index (χ1n) is 10.1. The lowest BCUT2D eigenvalue weighted by molar-refractivity contribution is 0.0401. The predicted molar refractivity (Wildman–Crippen MR) is 106 cm³/mol. The van der Waals surface area contributed by atoms with E-state index in [1.54, 1.807) is 7.11 Å². The summed E-state index contributed by atoms with van der Waals surface area (Å²) >= 11 is 0. The van der Waals surface area contributed by atoms with Crippen molar-refractivity contribution in [2.75, 3.05) is 20.2 Å². The number of ketones is 1. The minimum Gasteiger partial charge on any atom is -0.497 e. The van der Waals surface area contributed by atoms with Crippen LogP contribution in [0.5, 0.6) is 5.75 Å². The molecule has 138 valence electrons. The van der Waals surface area contributed by atoms with Crippen LogP contribution >= 0.6 is 0 Å². The molecular weight excluding hydrogens is 322 g/mol. The number of likely N-dealkylation sites (tertiary alicyclic amines) is 1. The predicted octanol–water partition coefficient (Wildman–Crippen LogP) is 4.93. The SMILES string of the molecule is CC[C@H]1CCN(C2CCC2)C[C@H]1C(=O)c1ccc2cc(OC)ccc2c1.